The zero-order valence-electron chi connectivity index (χ0n) is 10.1. The van der Waals surface area contributed by atoms with E-state index in [4.69, 9.17) is 8.94 Å². The molecule has 1 aliphatic rings. The van der Waals surface area contributed by atoms with Crippen LogP contribution in [-0.2, 0) is 6.42 Å². The Bertz CT molecular complexity index is 716. The Labute approximate surface area is 109 Å². The lowest BCUT2D eigenvalue weighted by Gasteiger charge is -2.00. The monoisotopic (exact) mass is 253 g/mol. The van der Waals surface area contributed by atoms with Gasteiger partial charge in [-0.1, -0.05) is 5.16 Å². The molecule has 94 valence electrons. The van der Waals surface area contributed by atoms with Crippen LogP contribution in [0.5, 0.6) is 0 Å². The van der Waals surface area contributed by atoms with E-state index in [1.807, 2.05) is 6.07 Å². The van der Waals surface area contributed by atoms with Gasteiger partial charge in [0.05, 0.1) is 11.8 Å². The SMILES string of the molecule is c1cc(-c2noc(-c3ccc4c(c3)CCN4)n2)co1. The molecule has 0 amide bonds. The third-order valence-electron chi connectivity index (χ3n) is 3.27. The lowest BCUT2D eigenvalue weighted by Crippen LogP contribution is -1.90. The maximum atomic E-state index is 5.31. The Kier molecular flexibility index (Phi) is 2.17. The number of fused-ring (bicyclic) bond motifs is 1. The fourth-order valence-electron chi connectivity index (χ4n) is 2.29. The summed E-state index contributed by atoms with van der Waals surface area (Å²) in [6.45, 7) is 0.989. The van der Waals surface area contributed by atoms with Crippen molar-refractivity contribution in [2.75, 3.05) is 11.9 Å². The molecule has 0 fully saturated rings. The standard InChI is InChI=1S/C14H11N3O2/c1-2-12-9(3-5-15-12)7-10(1)14-16-13(17-19-14)11-4-6-18-8-11/h1-2,4,6-8,15H,3,5H2. The van der Waals surface area contributed by atoms with E-state index in [1.54, 1.807) is 18.6 Å². The van der Waals surface area contributed by atoms with E-state index < -0.39 is 0 Å². The zero-order chi connectivity index (χ0) is 12.7. The second kappa shape index (κ2) is 3.98. The van der Waals surface area contributed by atoms with Crippen molar-refractivity contribution < 1.29 is 8.94 Å². The average molecular weight is 253 g/mol. The number of rotatable bonds is 2. The Balaban J connectivity index is 1.73. The highest BCUT2D eigenvalue weighted by Crippen LogP contribution is 2.28. The smallest absolute Gasteiger partial charge is 0.258 e. The fourth-order valence-corrected chi connectivity index (χ4v) is 2.29. The molecule has 19 heavy (non-hydrogen) atoms. The van der Waals surface area contributed by atoms with Crippen LogP contribution in [0.25, 0.3) is 22.8 Å². The molecule has 1 aromatic carbocycles. The molecule has 1 aliphatic heterocycles. The quantitative estimate of drug-likeness (QED) is 0.760. The zero-order valence-corrected chi connectivity index (χ0v) is 10.1. The van der Waals surface area contributed by atoms with Crippen LogP contribution < -0.4 is 5.32 Å². The van der Waals surface area contributed by atoms with Gasteiger partial charge in [-0.05, 0) is 36.2 Å². The largest absolute Gasteiger partial charge is 0.472 e. The second-order valence-corrected chi connectivity index (χ2v) is 4.48. The van der Waals surface area contributed by atoms with Crippen molar-refractivity contribution in [1.29, 1.82) is 0 Å². The minimum absolute atomic E-state index is 0.533. The van der Waals surface area contributed by atoms with Crippen LogP contribution in [0.3, 0.4) is 0 Å². The lowest BCUT2D eigenvalue weighted by molar-refractivity contribution is 0.432. The highest BCUT2D eigenvalue weighted by Gasteiger charge is 2.15. The number of benzene rings is 1. The third-order valence-corrected chi connectivity index (χ3v) is 3.27. The van der Waals surface area contributed by atoms with Crippen LogP contribution in [0.15, 0.2) is 45.7 Å². The fraction of sp³-hybridized carbons (Fsp3) is 0.143. The molecule has 5 nitrogen and oxygen atoms in total. The second-order valence-electron chi connectivity index (χ2n) is 4.48. The minimum atomic E-state index is 0.533. The summed E-state index contributed by atoms with van der Waals surface area (Å²) in [6.07, 6.45) is 4.22. The van der Waals surface area contributed by atoms with Crippen LogP contribution in [0.4, 0.5) is 5.69 Å². The molecule has 0 unspecified atom stereocenters. The number of nitrogens with one attached hydrogen (secondary N) is 1. The van der Waals surface area contributed by atoms with Gasteiger partial charge in [-0.15, -0.1) is 0 Å². The van der Waals surface area contributed by atoms with Crippen molar-refractivity contribution >= 4 is 5.69 Å². The average Bonchev–Trinajstić information content (AvgIpc) is 3.18. The van der Waals surface area contributed by atoms with Gasteiger partial charge in [-0.25, -0.2) is 0 Å². The first-order valence-electron chi connectivity index (χ1n) is 6.13. The molecule has 0 radical (unpaired) electrons. The molecule has 3 aromatic rings. The van der Waals surface area contributed by atoms with E-state index in [2.05, 4.69) is 27.6 Å². The maximum absolute atomic E-state index is 5.31. The van der Waals surface area contributed by atoms with E-state index in [0.29, 0.717) is 11.7 Å². The molecule has 4 rings (SSSR count). The van der Waals surface area contributed by atoms with Crippen LogP contribution in [0, 0.1) is 0 Å². The van der Waals surface area contributed by atoms with E-state index in [9.17, 15) is 0 Å². The lowest BCUT2D eigenvalue weighted by atomic mass is 10.1. The number of furan rings is 1. The number of anilines is 1. The Hall–Kier alpha value is -2.56. The molecular weight excluding hydrogens is 242 g/mol. The number of nitrogens with zero attached hydrogens (tertiary/aromatic N) is 2. The van der Waals surface area contributed by atoms with Gasteiger partial charge in [0.25, 0.3) is 5.89 Å². The first kappa shape index (κ1) is 10.4. The number of aromatic nitrogens is 2. The molecular formula is C14H11N3O2. The van der Waals surface area contributed by atoms with E-state index in [0.717, 1.165) is 24.1 Å². The van der Waals surface area contributed by atoms with E-state index in [-0.39, 0.29) is 0 Å². The van der Waals surface area contributed by atoms with E-state index in [1.165, 1.54) is 11.3 Å². The van der Waals surface area contributed by atoms with Gasteiger partial charge in [0.1, 0.15) is 6.26 Å². The van der Waals surface area contributed by atoms with Crippen LogP contribution in [-0.4, -0.2) is 16.7 Å². The predicted octanol–water partition coefficient (Wildman–Crippen LogP) is 2.96. The van der Waals surface area contributed by atoms with Crippen molar-refractivity contribution in [2.45, 2.75) is 6.42 Å². The predicted molar refractivity (Wildman–Crippen MR) is 69.6 cm³/mol. The molecule has 1 N–H and O–H groups in total. The van der Waals surface area contributed by atoms with Crippen LogP contribution in [0.2, 0.25) is 0 Å². The number of hydrogen-bond acceptors (Lipinski definition) is 5. The molecule has 5 heteroatoms. The third kappa shape index (κ3) is 1.71. The Morgan fingerprint density at radius 1 is 1.16 bits per heavy atom. The van der Waals surface area contributed by atoms with Crippen LogP contribution >= 0.6 is 0 Å². The van der Waals surface area contributed by atoms with Crippen molar-refractivity contribution in [3.8, 4) is 22.8 Å². The molecule has 0 spiro atoms. The maximum Gasteiger partial charge on any atom is 0.258 e. The van der Waals surface area contributed by atoms with Crippen molar-refractivity contribution in [2.24, 2.45) is 0 Å². The van der Waals surface area contributed by atoms with Gasteiger partial charge >= 0.3 is 0 Å². The summed E-state index contributed by atoms with van der Waals surface area (Å²) in [5.41, 5.74) is 4.25. The van der Waals surface area contributed by atoms with Gasteiger partial charge in [-0.2, -0.15) is 4.98 Å². The topological polar surface area (TPSA) is 64.1 Å². The molecule has 0 atom stereocenters. The molecule has 0 saturated heterocycles. The molecule has 0 saturated carbocycles. The molecule has 0 aliphatic carbocycles. The summed E-state index contributed by atoms with van der Waals surface area (Å²) in [4.78, 5) is 4.39. The van der Waals surface area contributed by atoms with Crippen LogP contribution in [0.1, 0.15) is 5.56 Å². The van der Waals surface area contributed by atoms with Crippen molar-refractivity contribution in [3.63, 3.8) is 0 Å². The summed E-state index contributed by atoms with van der Waals surface area (Å²) in [6, 6.07) is 7.95. The van der Waals surface area contributed by atoms with Crippen molar-refractivity contribution in [3.05, 3.63) is 42.4 Å². The summed E-state index contributed by atoms with van der Waals surface area (Å²) in [5.74, 6) is 1.08. The summed E-state index contributed by atoms with van der Waals surface area (Å²) in [5, 5.41) is 7.29. The van der Waals surface area contributed by atoms with Gasteiger partial charge in [-0.3, -0.25) is 0 Å². The molecule has 3 heterocycles. The van der Waals surface area contributed by atoms with E-state index >= 15 is 0 Å². The van der Waals surface area contributed by atoms with Crippen molar-refractivity contribution in [1.82, 2.24) is 10.1 Å². The first-order chi connectivity index (χ1) is 9.40. The normalized spacial score (nSPS) is 13.3. The summed E-state index contributed by atoms with van der Waals surface area (Å²) < 4.78 is 10.3. The van der Waals surface area contributed by atoms with Gasteiger partial charge in [0.15, 0.2) is 0 Å². The van der Waals surface area contributed by atoms with Gasteiger partial charge < -0.3 is 14.3 Å². The Morgan fingerprint density at radius 2 is 2.16 bits per heavy atom. The van der Waals surface area contributed by atoms with Gasteiger partial charge in [0, 0.05) is 17.8 Å². The summed E-state index contributed by atoms with van der Waals surface area (Å²) in [7, 11) is 0. The number of hydrogen-bond donors (Lipinski definition) is 1. The summed E-state index contributed by atoms with van der Waals surface area (Å²) >= 11 is 0. The minimum Gasteiger partial charge on any atom is -0.472 e. The highest BCUT2D eigenvalue weighted by atomic mass is 16.5. The molecule has 2 aromatic heterocycles. The molecule has 0 bridgehead atoms. The van der Waals surface area contributed by atoms with Gasteiger partial charge in [0.2, 0.25) is 5.82 Å². The highest BCUT2D eigenvalue weighted by molar-refractivity contribution is 5.66. The Morgan fingerprint density at radius 3 is 3.05 bits per heavy atom. The first-order valence-corrected chi connectivity index (χ1v) is 6.13.